The largest absolute Gasteiger partial charge is 0.439 e. The van der Waals surface area contributed by atoms with Crippen molar-refractivity contribution in [3.8, 4) is 0 Å². The molecule has 4 rings (SSSR count). The first-order chi connectivity index (χ1) is 11.7. The predicted molar refractivity (Wildman–Crippen MR) is 91.6 cm³/mol. The summed E-state index contributed by atoms with van der Waals surface area (Å²) in [6.07, 6.45) is 3.67. The molecule has 1 saturated heterocycles. The maximum atomic E-state index is 5.91. The first-order valence-corrected chi connectivity index (χ1v) is 8.65. The van der Waals surface area contributed by atoms with Crippen molar-refractivity contribution >= 4 is 11.1 Å². The van der Waals surface area contributed by atoms with Crippen LogP contribution in [-0.4, -0.2) is 37.2 Å². The average molecular weight is 325 g/mol. The summed E-state index contributed by atoms with van der Waals surface area (Å²) in [5.41, 5.74) is 1.80. The standard InChI is InChI=1S/C18H23N5O/c1-13-19-14(2)23(21-13)11-15-7-5-6-10-22(15)12-18-20-16-8-3-4-9-17(16)24-18/h3-4,8-9,15H,5-7,10-12H2,1-2H3/t15-/m1/s1. The third kappa shape index (κ3) is 3.06. The van der Waals surface area contributed by atoms with Crippen LogP contribution in [0.3, 0.4) is 0 Å². The molecule has 0 unspecified atom stereocenters. The minimum absolute atomic E-state index is 0.452. The normalized spacial score (nSPS) is 19.2. The molecule has 6 heteroatoms. The molecule has 1 atom stereocenters. The summed E-state index contributed by atoms with van der Waals surface area (Å²) in [7, 11) is 0. The molecule has 126 valence electrons. The first-order valence-electron chi connectivity index (χ1n) is 8.65. The monoisotopic (exact) mass is 325 g/mol. The van der Waals surface area contributed by atoms with Crippen LogP contribution in [0.15, 0.2) is 28.7 Å². The van der Waals surface area contributed by atoms with Crippen LogP contribution in [0.25, 0.3) is 11.1 Å². The fourth-order valence-corrected chi connectivity index (χ4v) is 3.57. The Morgan fingerprint density at radius 3 is 2.83 bits per heavy atom. The lowest BCUT2D eigenvalue weighted by atomic mass is 10.0. The molecule has 3 aromatic rings. The molecular formula is C18H23N5O. The Kier molecular flexibility index (Phi) is 4.06. The minimum Gasteiger partial charge on any atom is -0.439 e. The van der Waals surface area contributed by atoms with Crippen molar-refractivity contribution in [1.29, 1.82) is 0 Å². The molecule has 1 aliphatic heterocycles. The highest BCUT2D eigenvalue weighted by atomic mass is 16.3. The van der Waals surface area contributed by atoms with Gasteiger partial charge in [0, 0.05) is 6.04 Å². The van der Waals surface area contributed by atoms with Gasteiger partial charge in [0.25, 0.3) is 0 Å². The van der Waals surface area contributed by atoms with Crippen molar-refractivity contribution in [3.05, 3.63) is 41.8 Å². The highest BCUT2D eigenvalue weighted by Crippen LogP contribution is 2.23. The fourth-order valence-electron chi connectivity index (χ4n) is 3.57. The molecule has 24 heavy (non-hydrogen) atoms. The number of piperidine rings is 1. The zero-order valence-corrected chi connectivity index (χ0v) is 14.3. The topological polar surface area (TPSA) is 60.0 Å². The number of benzene rings is 1. The Labute approximate surface area is 141 Å². The number of oxazole rings is 1. The Morgan fingerprint density at radius 1 is 1.17 bits per heavy atom. The zero-order chi connectivity index (χ0) is 16.5. The second-order valence-corrected chi connectivity index (χ2v) is 6.58. The van der Waals surface area contributed by atoms with Gasteiger partial charge in [-0.05, 0) is 45.4 Å². The van der Waals surface area contributed by atoms with E-state index in [1.807, 2.05) is 42.8 Å². The van der Waals surface area contributed by atoms with Gasteiger partial charge in [0.1, 0.15) is 17.2 Å². The van der Waals surface area contributed by atoms with Crippen LogP contribution in [-0.2, 0) is 13.1 Å². The molecule has 0 radical (unpaired) electrons. The van der Waals surface area contributed by atoms with Crippen LogP contribution >= 0.6 is 0 Å². The van der Waals surface area contributed by atoms with E-state index >= 15 is 0 Å². The number of rotatable bonds is 4. The van der Waals surface area contributed by atoms with E-state index in [1.165, 1.54) is 19.3 Å². The zero-order valence-electron chi connectivity index (χ0n) is 14.3. The van der Waals surface area contributed by atoms with Crippen LogP contribution in [0.4, 0.5) is 0 Å². The predicted octanol–water partition coefficient (Wildman–Crippen LogP) is 3.09. The molecule has 6 nitrogen and oxygen atoms in total. The third-order valence-electron chi connectivity index (χ3n) is 4.77. The molecule has 0 saturated carbocycles. The van der Waals surface area contributed by atoms with E-state index < -0.39 is 0 Å². The van der Waals surface area contributed by atoms with Crippen molar-refractivity contribution < 1.29 is 4.42 Å². The van der Waals surface area contributed by atoms with E-state index in [9.17, 15) is 0 Å². The number of aryl methyl sites for hydroxylation is 2. The Balaban J connectivity index is 1.52. The molecular weight excluding hydrogens is 302 g/mol. The summed E-state index contributed by atoms with van der Waals surface area (Å²) in [5.74, 6) is 2.63. The number of likely N-dealkylation sites (tertiary alicyclic amines) is 1. The summed E-state index contributed by atoms with van der Waals surface area (Å²) < 4.78 is 7.94. The van der Waals surface area contributed by atoms with Crippen molar-refractivity contribution in [2.45, 2.75) is 52.2 Å². The van der Waals surface area contributed by atoms with E-state index in [2.05, 4.69) is 20.0 Å². The van der Waals surface area contributed by atoms with Crippen molar-refractivity contribution in [2.24, 2.45) is 0 Å². The maximum Gasteiger partial charge on any atom is 0.209 e. The van der Waals surface area contributed by atoms with Gasteiger partial charge >= 0.3 is 0 Å². The van der Waals surface area contributed by atoms with Gasteiger partial charge in [0.15, 0.2) is 5.58 Å². The van der Waals surface area contributed by atoms with Gasteiger partial charge in [-0.2, -0.15) is 5.10 Å². The van der Waals surface area contributed by atoms with Crippen LogP contribution in [0.5, 0.6) is 0 Å². The lowest BCUT2D eigenvalue weighted by Crippen LogP contribution is -2.42. The fraction of sp³-hybridized carbons (Fsp3) is 0.500. The van der Waals surface area contributed by atoms with Gasteiger partial charge in [-0.1, -0.05) is 18.6 Å². The van der Waals surface area contributed by atoms with Crippen molar-refractivity contribution in [1.82, 2.24) is 24.6 Å². The highest BCUT2D eigenvalue weighted by Gasteiger charge is 2.25. The number of hydrogen-bond donors (Lipinski definition) is 0. The molecule has 1 aliphatic rings. The Hall–Kier alpha value is -2.21. The molecule has 1 aromatic carbocycles. The summed E-state index contributed by atoms with van der Waals surface area (Å²) in [5, 5.41) is 4.52. The highest BCUT2D eigenvalue weighted by molar-refractivity contribution is 5.72. The van der Waals surface area contributed by atoms with Crippen molar-refractivity contribution in [2.75, 3.05) is 6.54 Å². The number of aromatic nitrogens is 4. The van der Waals surface area contributed by atoms with Gasteiger partial charge in [-0.3, -0.25) is 4.90 Å². The maximum absolute atomic E-state index is 5.91. The number of hydrogen-bond acceptors (Lipinski definition) is 5. The molecule has 0 bridgehead atoms. The van der Waals surface area contributed by atoms with E-state index in [-0.39, 0.29) is 0 Å². The van der Waals surface area contributed by atoms with Crippen LogP contribution < -0.4 is 0 Å². The van der Waals surface area contributed by atoms with Gasteiger partial charge in [-0.25, -0.2) is 14.6 Å². The second-order valence-electron chi connectivity index (χ2n) is 6.58. The molecule has 0 N–H and O–H groups in total. The van der Waals surface area contributed by atoms with E-state index in [0.717, 1.165) is 48.3 Å². The van der Waals surface area contributed by atoms with E-state index in [1.54, 1.807) is 0 Å². The summed E-state index contributed by atoms with van der Waals surface area (Å²) in [4.78, 5) is 11.5. The van der Waals surface area contributed by atoms with E-state index in [0.29, 0.717) is 6.04 Å². The lowest BCUT2D eigenvalue weighted by Gasteiger charge is -2.34. The SMILES string of the molecule is Cc1nc(C)n(C[C@H]2CCCCN2Cc2nc3ccccc3o2)n1. The summed E-state index contributed by atoms with van der Waals surface area (Å²) >= 11 is 0. The van der Waals surface area contributed by atoms with Gasteiger partial charge < -0.3 is 4.42 Å². The molecule has 0 aliphatic carbocycles. The van der Waals surface area contributed by atoms with E-state index in [4.69, 9.17) is 4.42 Å². The second kappa shape index (κ2) is 6.36. The molecule has 1 fully saturated rings. The Bertz CT molecular complexity index is 804. The van der Waals surface area contributed by atoms with Gasteiger partial charge in [0.2, 0.25) is 5.89 Å². The Morgan fingerprint density at radius 2 is 2.04 bits per heavy atom. The lowest BCUT2D eigenvalue weighted by molar-refractivity contribution is 0.111. The molecule has 0 spiro atoms. The van der Waals surface area contributed by atoms with Crippen LogP contribution in [0, 0.1) is 13.8 Å². The van der Waals surface area contributed by atoms with Gasteiger partial charge in [0.05, 0.1) is 13.1 Å². The van der Waals surface area contributed by atoms with Crippen LogP contribution in [0.2, 0.25) is 0 Å². The first kappa shape index (κ1) is 15.3. The number of fused-ring (bicyclic) bond motifs is 1. The molecule has 0 amide bonds. The van der Waals surface area contributed by atoms with Crippen LogP contribution in [0.1, 0.15) is 36.8 Å². The summed E-state index contributed by atoms with van der Waals surface area (Å²) in [6.45, 7) is 6.68. The average Bonchev–Trinajstić information content (AvgIpc) is 3.11. The quantitative estimate of drug-likeness (QED) is 0.738. The molecule has 2 aromatic heterocycles. The number of para-hydroxylation sites is 2. The third-order valence-corrected chi connectivity index (χ3v) is 4.77. The summed E-state index contributed by atoms with van der Waals surface area (Å²) in [6, 6.07) is 8.40. The minimum atomic E-state index is 0.452. The molecule has 3 heterocycles. The van der Waals surface area contributed by atoms with Gasteiger partial charge in [-0.15, -0.1) is 0 Å². The van der Waals surface area contributed by atoms with Crippen molar-refractivity contribution in [3.63, 3.8) is 0 Å². The smallest absolute Gasteiger partial charge is 0.209 e. The number of nitrogens with zero attached hydrogens (tertiary/aromatic N) is 5.